The second-order valence-corrected chi connectivity index (χ2v) is 8.87. The summed E-state index contributed by atoms with van der Waals surface area (Å²) in [7, 11) is 0. The Labute approximate surface area is 195 Å². The lowest BCUT2D eigenvalue weighted by Crippen LogP contribution is -2.42. The molecule has 3 N–H and O–H groups in total. The normalized spacial score (nSPS) is 14.4. The van der Waals surface area contributed by atoms with Crippen LogP contribution in [-0.2, 0) is 9.59 Å². The minimum atomic E-state index is -2.26. The van der Waals surface area contributed by atoms with E-state index in [0.29, 0.717) is 12.1 Å². The van der Waals surface area contributed by atoms with E-state index in [4.69, 9.17) is 9.84 Å². The molecule has 0 radical (unpaired) electrons. The maximum Gasteiger partial charge on any atom is 0.343 e. The van der Waals surface area contributed by atoms with Gasteiger partial charge in [0, 0.05) is 23.6 Å². The largest absolute Gasteiger partial charge is 0.479 e. The van der Waals surface area contributed by atoms with Gasteiger partial charge in [0.2, 0.25) is 0 Å². The van der Waals surface area contributed by atoms with Crippen LogP contribution >= 0.6 is 0 Å². The van der Waals surface area contributed by atoms with Crippen LogP contribution in [0.15, 0.2) is 48.5 Å². The lowest BCUT2D eigenvalue weighted by molar-refractivity contribution is -0.164. The maximum atomic E-state index is 12.4. The third-order valence-electron chi connectivity index (χ3n) is 5.75. The zero-order valence-electron chi connectivity index (χ0n) is 19.9. The fraction of sp³-hybridized carbons (Fsp3) is 0.462. The van der Waals surface area contributed by atoms with Crippen molar-refractivity contribution in [1.29, 1.82) is 0 Å². The number of benzene rings is 2. The molecule has 0 aromatic heterocycles. The quantitative estimate of drug-likeness (QED) is 0.351. The molecule has 2 aromatic rings. The standard InChI is InChI=1S/C26H35NO6/c1-16(2)27(17(3)4)14-13-20(19-9-7-6-8-10-19)21-15-18(5)11-12-22(21)33-26(32)24(29)23(28)25(30)31/h6-12,15-17,20,23-24,28-29H,13-14H2,1-5H3,(H,30,31)/t20-,23?,24?/m1/s1. The van der Waals surface area contributed by atoms with Gasteiger partial charge in [0.15, 0.2) is 12.2 Å². The van der Waals surface area contributed by atoms with Gasteiger partial charge in [0.1, 0.15) is 5.75 Å². The summed E-state index contributed by atoms with van der Waals surface area (Å²) in [5.41, 5.74) is 2.79. The number of carboxylic acids is 1. The molecule has 0 aliphatic carbocycles. The van der Waals surface area contributed by atoms with E-state index in [9.17, 15) is 19.8 Å². The highest BCUT2D eigenvalue weighted by molar-refractivity contribution is 5.85. The summed E-state index contributed by atoms with van der Waals surface area (Å²) >= 11 is 0. The number of aliphatic carboxylic acids is 1. The van der Waals surface area contributed by atoms with Crippen molar-refractivity contribution < 1.29 is 29.6 Å². The average Bonchev–Trinajstić information content (AvgIpc) is 2.76. The van der Waals surface area contributed by atoms with E-state index in [2.05, 4.69) is 32.6 Å². The number of hydrogen-bond donors (Lipinski definition) is 3. The fourth-order valence-electron chi connectivity index (χ4n) is 4.04. The molecule has 0 heterocycles. The van der Waals surface area contributed by atoms with Crippen LogP contribution in [0.4, 0.5) is 0 Å². The van der Waals surface area contributed by atoms with Gasteiger partial charge in [-0.05, 0) is 59.2 Å². The average molecular weight is 458 g/mol. The number of rotatable bonds is 11. The number of aryl methyl sites for hydroxylation is 1. The molecule has 3 atom stereocenters. The Morgan fingerprint density at radius 1 is 0.939 bits per heavy atom. The number of hydrogen-bond acceptors (Lipinski definition) is 6. The van der Waals surface area contributed by atoms with Crippen molar-refractivity contribution in [2.45, 2.75) is 71.2 Å². The van der Waals surface area contributed by atoms with E-state index in [1.807, 2.05) is 43.3 Å². The number of carboxylic acid groups (broad SMARTS) is 1. The first-order valence-corrected chi connectivity index (χ1v) is 11.2. The van der Waals surface area contributed by atoms with Gasteiger partial charge < -0.3 is 20.1 Å². The SMILES string of the molecule is Cc1ccc(OC(=O)C(O)C(O)C(=O)O)c([C@H](CCN(C(C)C)C(C)C)c2ccccc2)c1. The smallest absolute Gasteiger partial charge is 0.343 e. The third-order valence-corrected chi connectivity index (χ3v) is 5.75. The summed E-state index contributed by atoms with van der Waals surface area (Å²) in [6.07, 6.45) is -3.69. The molecule has 0 fully saturated rings. The third kappa shape index (κ3) is 7.12. The van der Waals surface area contributed by atoms with E-state index >= 15 is 0 Å². The highest BCUT2D eigenvalue weighted by Crippen LogP contribution is 2.36. The number of aliphatic hydroxyl groups excluding tert-OH is 2. The number of carbonyl (C=O) groups excluding carboxylic acids is 1. The second kappa shape index (κ2) is 11.9. The van der Waals surface area contributed by atoms with Crippen LogP contribution in [0.25, 0.3) is 0 Å². The Balaban J connectivity index is 2.43. The second-order valence-electron chi connectivity index (χ2n) is 8.87. The highest BCUT2D eigenvalue weighted by atomic mass is 16.6. The first kappa shape index (κ1) is 26.5. The van der Waals surface area contributed by atoms with Gasteiger partial charge >= 0.3 is 11.9 Å². The summed E-state index contributed by atoms with van der Waals surface area (Å²) in [5, 5.41) is 28.3. The first-order chi connectivity index (χ1) is 15.5. The topological polar surface area (TPSA) is 107 Å². The minimum absolute atomic E-state index is 0.101. The molecule has 7 heteroatoms. The predicted molar refractivity (Wildman–Crippen MR) is 126 cm³/mol. The summed E-state index contributed by atoms with van der Waals surface area (Å²) in [6.45, 7) is 11.4. The van der Waals surface area contributed by atoms with Crippen LogP contribution in [-0.4, -0.2) is 63.0 Å². The van der Waals surface area contributed by atoms with Crippen molar-refractivity contribution in [3.8, 4) is 5.75 Å². The highest BCUT2D eigenvalue weighted by Gasteiger charge is 2.33. The first-order valence-electron chi connectivity index (χ1n) is 11.2. The summed E-state index contributed by atoms with van der Waals surface area (Å²) in [6, 6.07) is 16.0. The Kier molecular flexibility index (Phi) is 9.58. The molecule has 7 nitrogen and oxygen atoms in total. The number of aliphatic hydroxyl groups is 2. The molecule has 0 aliphatic heterocycles. The molecule has 2 rings (SSSR count). The zero-order valence-corrected chi connectivity index (χ0v) is 19.9. The molecular weight excluding hydrogens is 422 g/mol. The Morgan fingerprint density at radius 3 is 2.09 bits per heavy atom. The van der Waals surface area contributed by atoms with Gasteiger partial charge in [-0.3, -0.25) is 4.90 Å². The van der Waals surface area contributed by atoms with Crippen molar-refractivity contribution in [3.05, 3.63) is 65.2 Å². The van der Waals surface area contributed by atoms with Gasteiger partial charge in [-0.2, -0.15) is 0 Å². The lowest BCUT2D eigenvalue weighted by Gasteiger charge is -2.32. The van der Waals surface area contributed by atoms with Crippen LogP contribution < -0.4 is 4.74 Å². The molecule has 0 saturated carbocycles. The van der Waals surface area contributed by atoms with Gasteiger partial charge in [-0.25, -0.2) is 9.59 Å². The van der Waals surface area contributed by atoms with Gasteiger partial charge in [-0.15, -0.1) is 0 Å². The van der Waals surface area contributed by atoms with Gasteiger partial charge in [-0.1, -0.05) is 48.0 Å². The van der Waals surface area contributed by atoms with Crippen molar-refractivity contribution in [2.75, 3.05) is 6.54 Å². The van der Waals surface area contributed by atoms with Crippen LogP contribution in [0.1, 0.15) is 56.7 Å². The number of esters is 1. The lowest BCUT2D eigenvalue weighted by atomic mass is 9.86. The fourth-order valence-corrected chi connectivity index (χ4v) is 4.04. The van der Waals surface area contributed by atoms with E-state index in [1.54, 1.807) is 12.1 Å². The number of nitrogens with zero attached hydrogens (tertiary/aromatic N) is 1. The van der Waals surface area contributed by atoms with E-state index < -0.39 is 24.1 Å². The van der Waals surface area contributed by atoms with Crippen molar-refractivity contribution >= 4 is 11.9 Å². The molecule has 180 valence electrons. The molecule has 0 amide bonds. The van der Waals surface area contributed by atoms with Crippen molar-refractivity contribution in [1.82, 2.24) is 4.90 Å². The van der Waals surface area contributed by atoms with Crippen molar-refractivity contribution in [2.24, 2.45) is 0 Å². The molecule has 2 unspecified atom stereocenters. The Hall–Kier alpha value is -2.74. The Bertz CT molecular complexity index is 920. The number of carbonyl (C=O) groups is 2. The predicted octanol–water partition coefficient (Wildman–Crippen LogP) is 3.35. The molecular formula is C26H35NO6. The van der Waals surface area contributed by atoms with E-state index in [0.717, 1.165) is 29.7 Å². The zero-order chi connectivity index (χ0) is 24.7. The van der Waals surface area contributed by atoms with E-state index in [-0.39, 0.29) is 11.7 Å². The summed E-state index contributed by atoms with van der Waals surface area (Å²) in [4.78, 5) is 25.7. The Morgan fingerprint density at radius 2 is 1.55 bits per heavy atom. The molecule has 33 heavy (non-hydrogen) atoms. The van der Waals surface area contributed by atoms with Crippen LogP contribution in [0.2, 0.25) is 0 Å². The molecule has 2 aromatic carbocycles. The van der Waals surface area contributed by atoms with Crippen molar-refractivity contribution in [3.63, 3.8) is 0 Å². The van der Waals surface area contributed by atoms with Crippen LogP contribution in [0, 0.1) is 6.92 Å². The summed E-state index contributed by atoms with van der Waals surface area (Å²) < 4.78 is 5.41. The van der Waals surface area contributed by atoms with Crippen LogP contribution in [0.5, 0.6) is 5.75 Å². The van der Waals surface area contributed by atoms with E-state index in [1.165, 1.54) is 0 Å². The van der Waals surface area contributed by atoms with Gasteiger partial charge in [0.25, 0.3) is 0 Å². The van der Waals surface area contributed by atoms with Gasteiger partial charge in [0.05, 0.1) is 0 Å². The molecule has 0 aliphatic rings. The molecule has 0 saturated heterocycles. The minimum Gasteiger partial charge on any atom is -0.479 e. The van der Waals surface area contributed by atoms with Crippen LogP contribution in [0.3, 0.4) is 0 Å². The summed E-state index contributed by atoms with van der Waals surface area (Å²) in [5.74, 6) is -2.78. The number of ether oxygens (including phenoxy) is 1. The molecule has 0 spiro atoms. The molecule has 0 bridgehead atoms. The monoisotopic (exact) mass is 457 g/mol. The maximum absolute atomic E-state index is 12.4.